The number of rotatable bonds is 12. The minimum absolute atomic E-state index is 0.0726. The quantitative estimate of drug-likeness (QED) is 0.201. The first-order chi connectivity index (χ1) is 15.2. The zero-order chi connectivity index (χ0) is 24.9. The molecule has 0 aromatic heterocycles. The standard InChI is InChI=1S/C24H40O6Si3/c1-31(2,15-7-9-19-11-13-21(25)23(27)17-19)29-33(5,6)30-32(3,4)16-8-10-20-12-14-22(26)24(28)18-20/h11-14,17-18,25-28H,7-10,15-16H2,1-6H3. The van der Waals surface area contributed by atoms with Crippen molar-refractivity contribution in [1.82, 2.24) is 0 Å². The molecule has 0 radical (unpaired) electrons. The highest BCUT2D eigenvalue weighted by Crippen LogP contribution is 2.30. The third kappa shape index (κ3) is 9.54. The minimum Gasteiger partial charge on any atom is -0.504 e. The van der Waals surface area contributed by atoms with Crippen LogP contribution in [0.15, 0.2) is 36.4 Å². The molecule has 0 fully saturated rings. The summed E-state index contributed by atoms with van der Waals surface area (Å²) in [5.74, 6) is -0.322. The van der Waals surface area contributed by atoms with Crippen LogP contribution in [0, 0.1) is 0 Å². The lowest BCUT2D eigenvalue weighted by atomic mass is 10.1. The molecule has 2 aromatic rings. The monoisotopic (exact) mass is 508 g/mol. The van der Waals surface area contributed by atoms with E-state index in [0.29, 0.717) is 0 Å². The molecule has 0 heterocycles. The van der Waals surface area contributed by atoms with E-state index in [9.17, 15) is 20.4 Å². The van der Waals surface area contributed by atoms with Gasteiger partial charge in [-0.3, -0.25) is 0 Å². The van der Waals surface area contributed by atoms with Gasteiger partial charge in [-0.05, 0) is 112 Å². The van der Waals surface area contributed by atoms with Crippen molar-refractivity contribution in [3.63, 3.8) is 0 Å². The number of benzene rings is 2. The van der Waals surface area contributed by atoms with Gasteiger partial charge in [-0.2, -0.15) is 0 Å². The molecule has 9 heteroatoms. The normalized spacial score (nSPS) is 12.8. The van der Waals surface area contributed by atoms with Crippen LogP contribution in [0.1, 0.15) is 24.0 Å². The molecule has 0 atom stereocenters. The predicted octanol–water partition coefficient (Wildman–Crippen LogP) is 6.22. The second-order valence-electron chi connectivity index (χ2n) is 10.5. The van der Waals surface area contributed by atoms with Crippen molar-refractivity contribution in [2.24, 2.45) is 0 Å². The Balaban J connectivity index is 1.82. The molecular weight excluding hydrogens is 469 g/mol. The number of aromatic hydroxyl groups is 4. The Morgan fingerprint density at radius 3 is 1.27 bits per heavy atom. The molecular formula is C24H40O6Si3. The van der Waals surface area contributed by atoms with Gasteiger partial charge in [0.05, 0.1) is 0 Å². The molecule has 184 valence electrons. The van der Waals surface area contributed by atoms with Gasteiger partial charge >= 0.3 is 8.56 Å². The Labute approximate surface area is 201 Å². The Morgan fingerprint density at radius 1 is 0.576 bits per heavy atom. The lowest BCUT2D eigenvalue weighted by Crippen LogP contribution is -2.52. The third-order valence-electron chi connectivity index (χ3n) is 5.61. The Kier molecular flexibility index (Phi) is 9.23. The van der Waals surface area contributed by atoms with Gasteiger partial charge in [0.15, 0.2) is 39.6 Å². The molecule has 0 saturated carbocycles. The number of phenols is 4. The summed E-state index contributed by atoms with van der Waals surface area (Å²) >= 11 is 0. The van der Waals surface area contributed by atoms with E-state index in [0.717, 1.165) is 48.9 Å². The summed E-state index contributed by atoms with van der Waals surface area (Å²) in [6.45, 7) is 13.3. The maximum atomic E-state index is 9.68. The van der Waals surface area contributed by atoms with Crippen molar-refractivity contribution < 1.29 is 28.7 Å². The first kappa shape index (κ1) is 27.5. The summed E-state index contributed by atoms with van der Waals surface area (Å²) in [6.07, 6.45) is 3.61. The molecule has 0 saturated heterocycles. The molecule has 0 aliphatic heterocycles. The molecule has 4 N–H and O–H groups in total. The highest BCUT2D eigenvalue weighted by atomic mass is 28.5. The smallest absolute Gasteiger partial charge is 0.311 e. The van der Waals surface area contributed by atoms with Crippen molar-refractivity contribution >= 4 is 25.2 Å². The second kappa shape index (κ2) is 11.1. The summed E-state index contributed by atoms with van der Waals surface area (Å²) in [4.78, 5) is 0. The van der Waals surface area contributed by atoms with E-state index in [1.165, 1.54) is 12.1 Å². The van der Waals surface area contributed by atoms with Crippen LogP contribution in [0.4, 0.5) is 0 Å². The summed E-state index contributed by atoms with van der Waals surface area (Å²) in [5.41, 5.74) is 2.02. The topological polar surface area (TPSA) is 99.4 Å². The van der Waals surface area contributed by atoms with Gasteiger partial charge in [0.25, 0.3) is 0 Å². The third-order valence-corrected chi connectivity index (χ3v) is 17.1. The fourth-order valence-electron chi connectivity index (χ4n) is 4.34. The van der Waals surface area contributed by atoms with E-state index < -0.39 is 25.2 Å². The van der Waals surface area contributed by atoms with Crippen molar-refractivity contribution in [2.45, 2.75) is 77.1 Å². The lowest BCUT2D eigenvalue weighted by molar-refractivity contribution is 0.386. The summed E-state index contributed by atoms with van der Waals surface area (Å²) in [7, 11) is -6.12. The average Bonchev–Trinajstić information content (AvgIpc) is 2.65. The molecule has 0 unspecified atom stereocenters. The van der Waals surface area contributed by atoms with Crippen LogP contribution in [-0.2, 0) is 21.1 Å². The van der Waals surface area contributed by atoms with Gasteiger partial charge in [-0.15, -0.1) is 0 Å². The summed E-state index contributed by atoms with van der Waals surface area (Å²) < 4.78 is 13.4. The molecule has 33 heavy (non-hydrogen) atoms. The van der Waals surface area contributed by atoms with Crippen molar-refractivity contribution in [3.8, 4) is 23.0 Å². The molecule has 6 nitrogen and oxygen atoms in total. The molecule has 0 aliphatic carbocycles. The molecule has 0 spiro atoms. The fourth-order valence-corrected chi connectivity index (χ4v) is 18.4. The molecule has 2 aromatic carbocycles. The number of hydrogen-bond acceptors (Lipinski definition) is 6. The summed E-state index contributed by atoms with van der Waals surface area (Å²) in [6, 6.07) is 12.0. The maximum absolute atomic E-state index is 9.68. The van der Waals surface area contributed by atoms with Gasteiger partial charge in [-0.25, -0.2) is 0 Å². The summed E-state index contributed by atoms with van der Waals surface area (Å²) in [5, 5.41) is 38.3. The van der Waals surface area contributed by atoms with Crippen molar-refractivity contribution in [2.75, 3.05) is 0 Å². The van der Waals surface area contributed by atoms with E-state index >= 15 is 0 Å². The Bertz CT molecular complexity index is 857. The van der Waals surface area contributed by atoms with E-state index in [2.05, 4.69) is 39.3 Å². The van der Waals surface area contributed by atoms with E-state index in [-0.39, 0.29) is 23.0 Å². The van der Waals surface area contributed by atoms with Crippen LogP contribution >= 0.6 is 0 Å². The zero-order valence-corrected chi connectivity index (χ0v) is 23.8. The van der Waals surface area contributed by atoms with Crippen LogP contribution in [-0.4, -0.2) is 45.6 Å². The first-order valence-electron chi connectivity index (χ1n) is 11.6. The minimum atomic E-state index is -2.29. The maximum Gasteiger partial charge on any atom is 0.311 e. The number of phenolic OH excluding ortho intramolecular Hbond substituents is 4. The van der Waals surface area contributed by atoms with Crippen molar-refractivity contribution in [3.05, 3.63) is 47.5 Å². The van der Waals surface area contributed by atoms with E-state index in [1.807, 2.05) is 12.1 Å². The molecule has 0 bridgehead atoms. The molecule has 0 amide bonds. The second-order valence-corrected chi connectivity index (χ2v) is 22.9. The first-order valence-corrected chi connectivity index (χ1v) is 20.6. The van der Waals surface area contributed by atoms with Crippen LogP contribution in [0.5, 0.6) is 23.0 Å². The van der Waals surface area contributed by atoms with Crippen LogP contribution in [0.25, 0.3) is 0 Å². The largest absolute Gasteiger partial charge is 0.504 e. The van der Waals surface area contributed by atoms with Gasteiger partial charge in [0.1, 0.15) is 0 Å². The SMILES string of the molecule is C[Si](C)(CCCc1ccc(O)c(O)c1)O[Si](C)(C)O[Si](C)(C)CCCc1ccc(O)c(O)c1. The van der Waals surface area contributed by atoms with Gasteiger partial charge in [0.2, 0.25) is 0 Å². The highest BCUT2D eigenvalue weighted by Gasteiger charge is 2.39. The zero-order valence-electron chi connectivity index (χ0n) is 20.8. The van der Waals surface area contributed by atoms with Gasteiger partial charge < -0.3 is 28.7 Å². The number of aryl methyl sites for hydroxylation is 2. The molecule has 2 rings (SSSR count). The highest BCUT2D eigenvalue weighted by molar-refractivity contribution is 6.87. The van der Waals surface area contributed by atoms with Crippen LogP contribution in [0.3, 0.4) is 0 Å². The van der Waals surface area contributed by atoms with Crippen molar-refractivity contribution in [1.29, 1.82) is 0 Å². The van der Waals surface area contributed by atoms with Crippen LogP contribution in [0.2, 0.25) is 51.4 Å². The van der Waals surface area contributed by atoms with Gasteiger partial charge in [-0.1, -0.05) is 12.1 Å². The van der Waals surface area contributed by atoms with E-state index in [1.54, 1.807) is 12.1 Å². The molecule has 0 aliphatic rings. The average molecular weight is 509 g/mol. The van der Waals surface area contributed by atoms with E-state index in [4.69, 9.17) is 8.23 Å². The Hall–Kier alpha value is -1.79. The number of hydrogen-bond donors (Lipinski definition) is 4. The Morgan fingerprint density at radius 2 is 0.939 bits per heavy atom. The van der Waals surface area contributed by atoms with Gasteiger partial charge in [0, 0.05) is 0 Å². The lowest BCUT2D eigenvalue weighted by Gasteiger charge is -2.39. The fraction of sp³-hybridized carbons (Fsp3) is 0.500. The predicted molar refractivity (Wildman–Crippen MR) is 140 cm³/mol. The van der Waals surface area contributed by atoms with Crippen LogP contribution < -0.4 is 0 Å².